The largest absolute Gasteiger partial charge is 0.465 e. The number of nitrogens with one attached hydrogen (secondary N) is 1. The minimum atomic E-state index is -0.444. The maximum atomic E-state index is 12.0. The summed E-state index contributed by atoms with van der Waals surface area (Å²) < 4.78 is 4.60. The van der Waals surface area contributed by atoms with Crippen LogP contribution in [0.3, 0.4) is 0 Å². The number of hydrogen-bond acceptors (Lipinski definition) is 4. The molecule has 0 radical (unpaired) electrons. The monoisotopic (exact) mass is 345 g/mol. The number of carbonyl (C=O) groups excluding carboxylic acids is 3. The van der Waals surface area contributed by atoms with E-state index in [0.717, 1.165) is 0 Å². The van der Waals surface area contributed by atoms with Crippen LogP contribution in [0.15, 0.2) is 48.5 Å². The number of halogens is 1. The van der Waals surface area contributed by atoms with Crippen LogP contribution in [0.5, 0.6) is 0 Å². The number of benzene rings is 2. The molecule has 2 aromatic carbocycles. The molecule has 0 aliphatic carbocycles. The lowest BCUT2D eigenvalue weighted by Gasteiger charge is -2.06. The Bertz CT molecular complexity index is 756. The fourth-order valence-electron chi connectivity index (χ4n) is 2.06. The van der Waals surface area contributed by atoms with E-state index < -0.39 is 5.97 Å². The number of rotatable bonds is 6. The average Bonchev–Trinajstić information content (AvgIpc) is 2.59. The molecule has 0 saturated heterocycles. The Balaban J connectivity index is 1.87. The van der Waals surface area contributed by atoms with Gasteiger partial charge in [-0.25, -0.2) is 4.79 Å². The van der Waals surface area contributed by atoms with Gasteiger partial charge in [-0.15, -0.1) is 0 Å². The molecule has 1 amide bonds. The molecule has 2 rings (SSSR count). The van der Waals surface area contributed by atoms with Crippen molar-refractivity contribution in [2.24, 2.45) is 0 Å². The van der Waals surface area contributed by atoms with Gasteiger partial charge in [-0.05, 0) is 36.4 Å². The molecule has 0 atom stereocenters. The van der Waals surface area contributed by atoms with Gasteiger partial charge in [0.1, 0.15) is 0 Å². The van der Waals surface area contributed by atoms with Gasteiger partial charge in [-0.1, -0.05) is 23.7 Å². The molecule has 0 aliphatic heterocycles. The lowest BCUT2D eigenvalue weighted by molar-refractivity contribution is -0.116. The molecule has 5 nitrogen and oxygen atoms in total. The zero-order valence-corrected chi connectivity index (χ0v) is 13.8. The second-order valence-corrected chi connectivity index (χ2v) is 5.49. The van der Waals surface area contributed by atoms with Gasteiger partial charge in [0.05, 0.1) is 12.7 Å². The van der Waals surface area contributed by atoms with Crippen LogP contribution in [0, 0.1) is 0 Å². The van der Waals surface area contributed by atoms with Crippen molar-refractivity contribution >= 4 is 34.9 Å². The molecule has 0 unspecified atom stereocenters. The molecule has 24 heavy (non-hydrogen) atoms. The van der Waals surface area contributed by atoms with Crippen molar-refractivity contribution in [1.29, 1.82) is 0 Å². The van der Waals surface area contributed by atoms with Crippen molar-refractivity contribution in [1.82, 2.24) is 0 Å². The normalized spacial score (nSPS) is 10.1. The first-order valence-corrected chi connectivity index (χ1v) is 7.64. The minimum Gasteiger partial charge on any atom is -0.465 e. The first kappa shape index (κ1) is 17.7. The van der Waals surface area contributed by atoms with Crippen molar-refractivity contribution in [2.45, 2.75) is 12.8 Å². The van der Waals surface area contributed by atoms with Gasteiger partial charge < -0.3 is 10.1 Å². The third-order valence-corrected chi connectivity index (χ3v) is 3.55. The summed E-state index contributed by atoms with van der Waals surface area (Å²) in [6.45, 7) is 0. The van der Waals surface area contributed by atoms with Crippen LogP contribution in [-0.2, 0) is 9.53 Å². The number of esters is 1. The van der Waals surface area contributed by atoms with Gasteiger partial charge in [0, 0.05) is 29.1 Å². The predicted octanol–water partition coefficient (Wildman–Crippen LogP) is 3.73. The van der Waals surface area contributed by atoms with Crippen LogP contribution in [0.4, 0.5) is 5.69 Å². The van der Waals surface area contributed by atoms with E-state index in [0.29, 0.717) is 21.8 Å². The van der Waals surface area contributed by atoms with E-state index in [4.69, 9.17) is 11.6 Å². The van der Waals surface area contributed by atoms with E-state index in [9.17, 15) is 14.4 Å². The Morgan fingerprint density at radius 3 is 2.33 bits per heavy atom. The smallest absolute Gasteiger partial charge is 0.337 e. The number of hydrogen-bond donors (Lipinski definition) is 1. The molecule has 124 valence electrons. The van der Waals surface area contributed by atoms with Crippen LogP contribution in [0.1, 0.15) is 33.6 Å². The first-order chi connectivity index (χ1) is 11.5. The number of amides is 1. The summed E-state index contributed by atoms with van der Waals surface area (Å²) in [5.41, 5.74) is 1.42. The van der Waals surface area contributed by atoms with Gasteiger partial charge in [-0.3, -0.25) is 9.59 Å². The van der Waals surface area contributed by atoms with Gasteiger partial charge in [0.2, 0.25) is 5.91 Å². The zero-order chi connectivity index (χ0) is 17.5. The Hall–Kier alpha value is -2.66. The molecule has 2 aromatic rings. The molecular formula is C18H16ClNO4. The van der Waals surface area contributed by atoms with Gasteiger partial charge in [-0.2, -0.15) is 0 Å². The second kappa shape index (κ2) is 8.26. The number of Topliss-reactive ketones (excluding diaryl/α,β-unsaturated/α-hetero) is 1. The van der Waals surface area contributed by atoms with Crippen LogP contribution in [0.2, 0.25) is 5.02 Å². The summed E-state index contributed by atoms with van der Waals surface area (Å²) in [4.78, 5) is 35.3. The molecule has 0 heterocycles. The van der Waals surface area contributed by atoms with E-state index in [1.165, 1.54) is 7.11 Å². The van der Waals surface area contributed by atoms with Crippen LogP contribution >= 0.6 is 11.6 Å². The molecular weight excluding hydrogens is 330 g/mol. The van der Waals surface area contributed by atoms with E-state index in [1.54, 1.807) is 48.5 Å². The lowest BCUT2D eigenvalue weighted by Crippen LogP contribution is -2.13. The average molecular weight is 346 g/mol. The second-order valence-electron chi connectivity index (χ2n) is 5.05. The SMILES string of the molecule is COC(=O)c1ccc(NC(=O)CCC(=O)c2cccc(Cl)c2)cc1. The highest BCUT2D eigenvalue weighted by Crippen LogP contribution is 2.14. The lowest BCUT2D eigenvalue weighted by atomic mass is 10.1. The van der Waals surface area contributed by atoms with Crippen molar-refractivity contribution in [3.8, 4) is 0 Å². The summed E-state index contributed by atoms with van der Waals surface area (Å²) >= 11 is 5.84. The molecule has 1 N–H and O–H groups in total. The quantitative estimate of drug-likeness (QED) is 0.639. The summed E-state index contributed by atoms with van der Waals surface area (Å²) in [5.74, 6) is -0.870. The summed E-state index contributed by atoms with van der Waals surface area (Å²) in [6, 6.07) is 12.9. The third kappa shape index (κ3) is 4.93. The van der Waals surface area contributed by atoms with Gasteiger partial charge >= 0.3 is 5.97 Å². The van der Waals surface area contributed by atoms with Crippen LogP contribution in [-0.4, -0.2) is 24.8 Å². The van der Waals surface area contributed by atoms with Crippen LogP contribution < -0.4 is 5.32 Å². The highest BCUT2D eigenvalue weighted by atomic mass is 35.5. The van der Waals surface area contributed by atoms with E-state index in [2.05, 4.69) is 10.1 Å². The highest BCUT2D eigenvalue weighted by molar-refractivity contribution is 6.31. The molecule has 6 heteroatoms. The summed E-state index contributed by atoms with van der Waals surface area (Å²) in [5, 5.41) is 3.16. The number of anilines is 1. The minimum absolute atomic E-state index is 0.0596. The topological polar surface area (TPSA) is 72.5 Å². The molecule has 0 saturated carbocycles. The zero-order valence-electron chi connectivity index (χ0n) is 13.0. The van der Waals surface area contributed by atoms with E-state index >= 15 is 0 Å². The standard InChI is InChI=1S/C18H16ClNO4/c1-24-18(23)12-5-7-15(8-6-12)20-17(22)10-9-16(21)13-3-2-4-14(19)11-13/h2-8,11H,9-10H2,1H3,(H,20,22). The maximum absolute atomic E-state index is 12.0. The summed E-state index contributed by atoms with van der Waals surface area (Å²) in [6.07, 6.45) is 0.149. The Labute approximate surface area is 144 Å². The third-order valence-electron chi connectivity index (χ3n) is 3.32. The van der Waals surface area contributed by atoms with Crippen molar-refractivity contribution in [3.05, 3.63) is 64.7 Å². The number of ether oxygens (including phenoxy) is 1. The Morgan fingerprint density at radius 1 is 1.00 bits per heavy atom. The van der Waals surface area contributed by atoms with Crippen molar-refractivity contribution in [3.63, 3.8) is 0 Å². The maximum Gasteiger partial charge on any atom is 0.337 e. The molecule has 0 aromatic heterocycles. The van der Waals surface area contributed by atoms with Gasteiger partial charge in [0.25, 0.3) is 0 Å². The Kier molecular flexibility index (Phi) is 6.09. The van der Waals surface area contributed by atoms with E-state index in [1.807, 2.05) is 0 Å². The molecule has 0 aliphatic rings. The fourth-order valence-corrected chi connectivity index (χ4v) is 2.25. The van der Waals surface area contributed by atoms with Gasteiger partial charge in [0.15, 0.2) is 5.78 Å². The number of ketones is 1. The first-order valence-electron chi connectivity index (χ1n) is 7.26. The molecule has 0 fully saturated rings. The molecule has 0 spiro atoms. The number of carbonyl (C=O) groups is 3. The Morgan fingerprint density at radius 2 is 1.71 bits per heavy atom. The van der Waals surface area contributed by atoms with E-state index in [-0.39, 0.29) is 24.5 Å². The number of methoxy groups -OCH3 is 1. The van der Waals surface area contributed by atoms with Crippen molar-refractivity contribution < 1.29 is 19.1 Å². The fraction of sp³-hybridized carbons (Fsp3) is 0.167. The summed E-state index contributed by atoms with van der Waals surface area (Å²) in [7, 11) is 1.30. The molecule has 0 bridgehead atoms. The van der Waals surface area contributed by atoms with Crippen LogP contribution in [0.25, 0.3) is 0 Å². The highest BCUT2D eigenvalue weighted by Gasteiger charge is 2.10. The predicted molar refractivity (Wildman–Crippen MR) is 91.4 cm³/mol. The van der Waals surface area contributed by atoms with Crippen molar-refractivity contribution in [2.75, 3.05) is 12.4 Å².